The van der Waals surface area contributed by atoms with Crippen molar-refractivity contribution < 1.29 is 4.79 Å². The van der Waals surface area contributed by atoms with Gasteiger partial charge in [-0.15, -0.1) is 24.0 Å². The van der Waals surface area contributed by atoms with Gasteiger partial charge < -0.3 is 15.5 Å². The van der Waals surface area contributed by atoms with Crippen LogP contribution in [0.2, 0.25) is 0 Å². The lowest BCUT2D eigenvalue weighted by molar-refractivity contribution is -0.138. The third-order valence-electron chi connectivity index (χ3n) is 5.80. The molecule has 1 amide bonds. The minimum absolute atomic E-state index is 0. The first-order valence-corrected chi connectivity index (χ1v) is 10.1. The van der Waals surface area contributed by atoms with Crippen LogP contribution in [0.1, 0.15) is 50.7 Å². The fraction of sp³-hybridized carbons (Fsp3) is 0.789. The number of fused-ring (bicyclic) bond motifs is 1. The summed E-state index contributed by atoms with van der Waals surface area (Å²) in [5.74, 6) is 2.98. The maximum atomic E-state index is 12.7. The number of aliphatic imine (C=N–C) groups is 1. The number of halogens is 1. The number of carbonyl (C=O) groups excluding carboxylic acids is 1. The van der Waals surface area contributed by atoms with E-state index in [1.54, 1.807) is 11.9 Å². The lowest BCUT2D eigenvalue weighted by Gasteiger charge is -2.32. The van der Waals surface area contributed by atoms with Crippen molar-refractivity contribution in [2.45, 2.75) is 64.5 Å². The average Bonchev–Trinajstić information content (AvgIpc) is 3.31. The fourth-order valence-electron chi connectivity index (χ4n) is 4.26. The maximum Gasteiger partial charge on any atom is 0.230 e. The molecule has 9 heteroatoms. The fourth-order valence-corrected chi connectivity index (χ4v) is 4.26. The molecule has 1 atom stereocenters. The number of guanidine groups is 1. The number of hydrogen-bond acceptors (Lipinski definition) is 4. The molecule has 2 heterocycles. The maximum absolute atomic E-state index is 12.7. The molecule has 0 radical (unpaired) electrons. The molecular formula is C19H34IN7O. The summed E-state index contributed by atoms with van der Waals surface area (Å²) in [5, 5.41) is 11.5. The Kier molecular flexibility index (Phi) is 8.08. The highest BCUT2D eigenvalue weighted by Gasteiger charge is 2.42. The summed E-state index contributed by atoms with van der Waals surface area (Å²) in [6.45, 7) is 3.51. The number of nitrogens with zero attached hydrogens (tertiary/aromatic N) is 5. The van der Waals surface area contributed by atoms with Gasteiger partial charge in [-0.2, -0.15) is 5.10 Å². The molecule has 2 aliphatic rings. The van der Waals surface area contributed by atoms with E-state index in [0.717, 1.165) is 69.1 Å². The molecule has 1 aliphatic carbocycles. The van der Waals surface area contributed by atoms with Gasteiger partial charge in [-0.3, -0.25) is 9.79 Å². The third kappa shape index (κ3) is 4.96. The first-order chi connectivity index (χ1) is 13.0. The van der Waals surface area contributed by atoms with Crippen molar-refractivity contribution >= 4 is 35.8 Å². The molecule has 0 spiro atoms. The van der Waals surface area contributed by atoms with E-state index in [-0.39, 0.29) is 41.3 Å². The van der Waals surface area contributed by atoms with Crippen LogP contribution in [0.4, 0.5) is 0 Å². The summed E-state index contributed by atoms with van der Waals surface area (Å²) in [5.41, 5.74) is -0.303. The smallest absolute Gasteiger partial charge is 0.230 e. The Morgan fingerprint density at radius 3 is 2.68 bits per heavy atom. The van der Waals surface area contributed by atoms with Gasteiger partial charge in [-0.1, -0.05) is 19.8 Å². The van der Waals surface area contributed by atoms with Gasteiger partial charge in [-0.25, -0.2) is 9.67 Å². The molecule has 1 fully saturated rings. The summed E-state index contributed by atoms with van der Waals surface area (Å²) in [6, 6.07) is 0.263. The largest absolute Gasteiger partial charge is 0.355 e. The Morgan fingerprint density at radius 2 is 2.07 bits per heavy atom. The number of nitrogens with one attached hydrogen (secondary N) is 2. The second kappa shape index (κ2) is 9.89. The van der Waals surface area contributed by atoms with Crippen LogP contribution < -0.4 is 10.6 Å². The highest BCUT2D eigenvalue weighted by molar-refractivity contribution is 14.0. The highest BCUT2D eigenvalue weighted by Crippen LogP contribution is 2.38. The van der Waals surface area contributed by atoms with Crippen LogP contribution in [-0.2, 0) is 24.2 Å². The minimum Gasteiger partial charge on any atom is -0.355 e. The predicted octanol–water partition coefficient (Wildman–Crippen LogP) is 1.59. The summed E-state index contributed by atoms with van der Waals surface area (Å²) < 4.78 is 2.02. The number of aromatic nitrogens is 3. The summed E-state index contributed by atoms with van der Waals surface area (Å²) >= 11 is 0. The van der Waals surface area contributed by atoms with Gasteiger partial charge in [0, 0.05) is 46.6 Å². The topological polar surface area (TPSA) is 87.4 Å². The lowest BCUT2D eigenvalue weighted by Crippen LogP contribution is -2.52. The first kappa shape index (κ1) is 22.9. The molecule has 1 unspecified atom stereocenters. The normalized spacial score (nSPS) is 20.9. The van der Waals surface area contributed by atoms with E-state index in [0.29, 0.717) is 6.54 Å². The monoisotopic (exact) mass is 503 g/mol. The lowest BCUT2D eigenvalue weighted by atomic mass is 9.84. The van der Waals surface area contributed by atoms with Crippen LogP contribution in [-0.4, -0.2) is 65.3 Å². The van der Waals surface area contributed by atoms with E-state index in [2.05, 4.69) is 32.6 Å². The Hall–Kier alpha value is -1.39. The van der Waals surface area contributed by atoms with E-state index < -0.39 is 0 Å². The van der Waals surface area contributed by atoms with E-state index in [4.69, 9.17) is 0 Å². The van der Waals surface area contributed by atoms with Crippen LogP contribution in [0.3, 0.4) is 0 Å². The second-order valence-electron chi connectivity index (χ2n) is 7.97. The van der Waals surface area contributed by atoms with E-state index in [9.17, 15) is 4.79 Å². The Balaban J connectivity index is 0.00000280. The standard InChI is InChI=1S/C19H33N7O.HI/c1-5-15-23-16-9-8-14(12-26(16)24-15)22-18(20-2)21-13-19(10-6-7-11-19)17(27)25(3)4;/h14H,5-13H2,1-4H3,(H2,20,21,22);1H. The Labute approximate surface area is 185 Å². The number of carbonyl (C=O) groups is 1. The molecule has 0 aromatic carbocycles. The zero-order chi connectivity index (χ0) is 19.4. The zero-order valence-electron chi connectivity index (χ0n) is 17.5. The van der Waals surface area contributed by atoms with Gasteiger partial charge in [0.1, 0.15) is 5.82 Å². The van der Waals surface area contributed by atoms with Crippen LogP contribution in [0.15, 0.2) is 4.99 Å². The summed E-state index contributed by atoms with van der Waals surface area (Å²) in [7, 11) is 5.47. The SMILES string of the molecule is CCc1nc2n(n1)CC(NC(=NC)NCC1(C(=O)N(C)C)CCCC1)CC2.I. The molecule has 1 aliphatic heterocycles. The van der Waals surface area contributed by atoms with Gasteiger partial charge in [-0.05, 0) is 19.3 Å². The third-order valence-corrected chi connectivity index (χ3v) is 5.80. The van der Waals surface area contributed by atoms with Crippen molar-refractivity contribution in [2.75, 3.05) is 27.7 Å². The number of hydrogen-bond donors (Lipinski definition) is 2. The molecule has 158 valence electrons. The number of rotatable bonds is 5. The highest BCUT2D eigenvalue weighted by atomic mass is 127. The van der Waals surface area contributed by atoms with Crippen molar-refractivity contribution in [3.8, 4) is 0 Å². The predicted molar refractivity (Wildman–Crippen MR) is 121 cm³/mol. The minimum atomic E-state index is -0.303. The van der Waals surface area contributed by atoms with Gasteiger partial charge in [0.15, 0.2) is 11.8 Å². The van der Waals surface area contributed by atoms with E-state index in [1.165, 1.54) is 0 Å². The van der Waals surface area contributed by atoms with Crippen molar-refractivity contribution in [3.05, 3.63) is 11.6 Å². The molecule has 3 rings (SSSR count). The molecule has 1 aromatic rings. The van der Waals surface area contributed by atoms with Crippen molar-refractivity contribution in [1.29, 1.82) is 0 Å². The van der Waals surface area contributed by atoms with Crippen molar-refractivity contribution in [3.63, 3.8) is 0 Å². The summed E-state index contributed by atoms with van der Waals surface area (Å²) in [6.07, 6.45) is 6.91. The van der Waals surface area contributed by atoms with Crippen LogP contribution >= 0.6 is 24.0 Å². The van der Waals surface area contributed by atoms with Gasteiger partial charge in [0.05, 0.1) is 12.0 Å². The quantitative estimate of drug-likeness (QED) is 0.362. The van der Waals surface area contributed by atoms with Crippen molar-refractivity contribution in [1.82, 2.24) is 30.3 Å². The van der Waals surface area contributed by atoms with Gasteiger partial charge in [0.25, 0.3) is 0 Å². The summed E-state index contributed by atoms with van der Waals surface area (Å²) in [4.78, 5) is 23.4. The van der Waals surface area contributed by atoms with Gasteiger partial charge in [0.2, 0.25) is 5.91 Å². The Morgan fingerprint density at radius 1 is 1.36 bits per heavy atom. The van der Waals surface area contributed by atoms with Crippen LogP contribution in [0, 0.1) is 5.41 Å². The number of amides is 1. The van der Waals surface area contributed by atoms with E-state index >= 15 is 0 Å². The molecule has 1 aromatic heterocycles. The zero-order valence-corrected chi connectivity index (χ0v) is 19.8. The van der Waals surface area contributed by atoms with Gasteiger partial charge >= 0.3 is 0 Å². The number of aryl methyl sites for hydroxylation is 2. The molecule has 0 bridgehead atoms. The van der Waals surface area contributed by atoms with E-state index in [1.807, 2.05) is 18.8 Å². The average molecular weight is 503 g/mol. The Bertz CT molecular complexity index is 694. The molecule has 2 N–H and O–H groups in total. The molecule has 28 heavy (non-hydrogen) atoms. The molecule has 0 saturated heterocycles. The first-order valence-electron chi connectivity index (χ1n) is 10.1. The van der Waals surface area contributed by atoms with Crippen LogP contribution in [0.5, 0.6) is 0 Å². The van der Waals surface area contributed by atoms with Crippen molar-refractivity contribution in [2.24, 2.45) is 10.4 Å². The second-order valence-corrected chi connectivity index (χ2v) is 7.97. The molecule has 1 saturated carbocycles. The molecule has 8 nitrogen and oxygen atoms in total. The molecular weight excluding hydrogens is 469 g/mol. The van der Waals surface area contributed by atoms with Crippen LogP contribution in [0.25, 0.3) is 0 Å².